The molecule has 0 bridgehead atoms. The van der Waals surface area contributed by atoms with Gasteiger partial charge in [0.15, 0.2) is 0 Å². The van der Waals surface area contributed by atoms with Crippen molar-refractivity contribution in [3.05, 3.63) is 29.8 Å². The van der Waals surface area contributed by atoms with Crippen molar-refractivity contribution in [2.45, 2.75) is 45.0 Å². The molecule has 1 aromatic rings. The van der Waals surface area contributed by atoms with E-state index in [-0.39, 0.29) is 36.4 Å². The van der Waals surface area contributed by atoms with E-state index in [0.717, 1.165) is 0 Å². The molecule has 138 valence electrons. The van der Waals surface area contributed by atoms with Crippen LogP contribution < -0.4 is 10.1 Å². The molecule has 25 heavy (non-hydrogen) atoms. The van der Waals surface area contributed by atoms with Gasteiger partial charge in [0.1, 0.15) is 5.75 Å². The number of carbonyl (C=O) groups excluding carboxylic acids is 2. The fourth-order valence-corrected chi connectivity index (χ4v) is 2.90. The lowest BCUT2D eigenvalue weighted by atomic mass is 10.0. The van der Waals surface area contributed by atoms with Crippen molar-refractivity contribution in [1.29, 1.82) is 0 Å². The van der Waals surface area contributed by atoms with Gasteiger partial charge >= 0.3 is 6.36 Å². The number of benzene rings is 1. The number of ether oxygens (including phenoxy) is 1. The zero-order chi connectivity index (χ0) is 18.4. The molecule has 2 amide bonds. The first-order valence-corrected chi connectivity index (χ1v) is 8.13. The van der Waals surface area contributed by atoms with E-state index in [0.29, 0.717) is 31.5 Å². The summed E-state index contributed by atoms with van der Waals surface area (Å²) in [6, 6.07) is 5.91. The number of alkyl halides is 3. The second kappa shape index (κ2) is 8.22. The average Bonchev–Trinajstić information content (AvgIpc) is 2.52. The molecule has 5 nitrogen and oxygen atoms in total. The molecule has 1 aliphatic rings. The van der Waals surface area contributed by atoms with Crippen LogP contribution in [0.25, 0.3) is 0 Å². The molecule has 1 aromatic carbocycles. The first-order chi connectivity index (χ1) is 11.7. The number of para-hydroxylation sites is 1. The fourth-order valence-electron chi connectivity index (χ4n) is 2.90. The van der Waals surface area contributed by atoms with E-state index in [1.807, 2.05) is 0 Å². The summed E-state index contributed by atoms with van der Waals surface area (Å²) in [5.74, 6) is -0.471. The average molecular weight is 358 g/mol. The summed E-state index contributed by atoms with van der Waals surface area (Å²) < 4.78 is 41.2. The van der Waals surface area contributed by atoms with Crippen LogP contribution in [0.2, 0.25) is 0 Å². The Labute approximate surface area is 144 Å². The zero-order valence-electron chi connectivity index (χ0n) is 13.9. The van der Waals surface area contributed by atoms with Gasteiger partial charge in [0.2, 0.25) is 11.8 Å². The normalized spacial score (nSPS) is 15.8. The van der Waals surface area contributed by atoms with E-state index in [1.54, 1.807) is 11.0 Å². The Morgan fingerprint density at radius 1 is 1.24 bits per heavy atom. The Morgan fingerprint density at radius 3 is 2.48 bits per heavy atom. The van der Waals surface area contributed by atoms with Crippen LogP contribution in [0.3, 0.4) is 0 Å². The van der Waals surface area contributed by atoms with Crippen LogP contribution in [-0.4, -0.2) is 42.2 Å². The molecule has 2 rings (SSSR count). The Morgan fingerprint density at radius 2 is 1.88 bits per heavy atom. The summed E-state index contributed by atoms with van der Waals surface area (Å²) >= 11 is 0. The van der Waals surface area contributed by atoms with Gasteiger partial charge in [-0.05, 0) is 30.9 Å². The van der Waals surface area contributed by atoms with Crippen LogP contribution in [0.1, 0.15) is 31.7 Å². The highest BCUT2D eigenvalue weighted by Gasteiger charge is 2.32. The van der Waals surface area contributed by atoms with Gasteiger partial charge in [-0.1, -0.05) is 18.2 Å². The molecule has 0 radical (unpaired) electrons. The fraction of sp³-hybridized carbons (Fsp3) is 0.529. The molecule has 8 heteroatoms. The van der Waals surface area contributed by atoms with Crippen molar-refractivity contribution in [3.8, 4) is 5.75 Å². The smallest absolute Gasteiger partial charge is 0.406 e. The number of nitrogens with zero attached hydrogens (tertiary/aromatic N) is 1. The lowest BCUT2D eigenvalue weighted by Crippen LogP contribution is -2.46. The first kappa shape index (κ1) is 19.1. The van der Waals surface area contributed by atoms with Gasteiger partial charge in [0, 0.05) is 32.5 Å². The maximum Gasteiger partial charge on any atom is 0.573 e. The predicted octanol–water partition coefficient (Wildman–Crippen LogP) is 2.64. The second-order valence-electron chi connectivity index (χ2n) is 6.01. The molecule has 1 saturated heterocycles. The SMILES string of the molecule is CC(=O)NC1CCN(C(=O)CCc2ccccc2OC(F)(F)F)CC1. The number of likely N-dealkylation sites (tertiary alicyclic amines) is 1. The minimum Gasteiger partial charge on any atom is -0.406 e. The molecule has 0 atom stereocenters. The highest BCUT2D eigenvalue weighted by atomic mass is 19.4. The molecule has 1 fully saturated rings. The molecular formula is C17H21F3N2O3. The molecule has 0 spiro atoms. The van der Waals surface area contributed by atoms with E-state index in [9.17, 15) is 22.8 Å². The third kappa shape index (κ3) is 6.28. The van der Waals surface area contributed by atoms with E-state index < -0.39 is 6.36 Å². The largest absolute Gasteiger partial charge is 0.573 e. The summed E-state index contributed by atoms with van der Waals surface area (Å²) in [7, 11) is 0. The number of rotatable bonds is 5. The van der Waals surface area contributed by atoms with Gasteiger partial charge in [-0.25, -0.2) is 0 Å². The summed E-state index contributed by atoms with van der Waals surface area (Å²) in [5, 5.41) is 2.83. The molecule has 0 aliphatic carbocycles. The quantitative estimate of drug-likeness (QED) is 0.880. The second-order valence-corrected chi connectivity index (χ2v) is 6.01. The minimum atomic E-state index is -4.76. The third-order valence-corrected chi connectivity index (χ3v) is 4.06. The third-order valence-electron chi connectivity index (χ3n) is 4.06. The van der Waals surface area contributed by atoms with Crippen molar-refractivity contribution in [3.63, 3.8) is 0 Å². The number of hydrogen-bond donors (Lipinski definition) is 1. The highest BCUT2D eigenvalue weighted by molar-refractivity contribution is 5.77. The monoisotopic (exact) mass is 358 g/mol. The number of hydrogen-bond acceptors (Lipinski definition) is 3. The van der Waals surface area contributed by atoms with E-state index in [2.05, 4.69) is 10.1 Å². The van der Waals surface area contributed by atoms with Gasteiger partial charge < -0.3 is 15.0 Å². The van der Waals surface area contributed by atoms with Gasteiger partial charge in [-0.2, -0.15) is 0 Å². The first-order valence-electron chi connectivity index (χ1n) is 8.13. The lowest BCUT2D eigenvalue weighted by Gasteiger charge is -2.32. The number of carbonyl (C=O) groups is 2. The number of nitrogens with one attached hydrogen (secondary N) is 1. The van der Waals surface area contributed by atoms with Crippen LogP contribution >= 0.6 is 0 Å². The zero-order valence-corrected chi connectivity index (χ0v) is 13.9. The number of piperidine rings is 1. The Bertz CT molecular complexity index is 611. The van der Waals surface area contributed by atoms with Crippen molar-refractivity contribution in [1.82, 2.24) is 10.2 Å². The van der Waals surface area contributed by atoms with E-state index in [1.165, 1.54) is 25.1 Å². The summed E-state index contributed by atoms with van der Waals surface area (Å²) in [6.45, 7) is 2.52. The summed E-state index contributed by atoms with van der Waals surface area (Å²) in [6.07, 6.45) is -3.11. The van der Waals surface area contributed by atoms with Gasteiger partial charge in [0.05, 0.1) is 0 Å². The van der Waals surface area contributed by atoms with Crippen molar-refractivity contribution in [2.75, 3.05) is 13.1 Å². The van der Waals surface area contributed by atoms with Gasteiger partial charge in [-0.15, -0.1) is 13.2 Å². The van der Waals surface area contributed by atoms with Gasteiger partial charge in [-0.3, -0.25) is 9.59 Å². The van der Waals surface area contributed by atoms with E-state index in [4.69, 9.17) is 0 Å². The number of amides is 2. The Hall–Kier alpha value is -2.25. The molecule has 0 unspecified atom stereocenters. The highest BCUT2D eigenvalue weighted by Crippen LogP contribution is 2.27. The lowest BCUT2D eigenvalue weighted by molar-refractivity contribution is -0.274. The number of halogens is 3. The van der Waals surface area contributed by atoms with Crippen LogP contribution in [0, 0.1) is 0 Å². The standard InChI is InChI=1S/C17H21F3N2O3/c1-12(23)21-14-8-10-22(11-9-14)16(24)7-6-13-4-2-3-5-15(13)25-17(18,19)20/h2-5,14H,6-11H2,1H3,(H,21,23). The Balaban J connectivity index is 1.86. The summed E-state index contributed by atoms with van der Waals surface area (Å²) in [5.41, 5.74) is 0.348. The van der Waals surface area contributed by atoms with Crippen LogP contribution in [0.4, 0.5) is 13.2 Å². The predicted molar refractivity (Wildman–Crippen MR) is 84.9 cm³/mol. The molecule has 1 heterocycles. The molecule has 0 saturated carbocycles. The van der Waals surface area contributed by atoms with Crippen LogP contribution in [0.15, 0.2) is 24.3 Å². The molecule has 1 aliphatic heterocycles. The maximum atomic E-state index is 12.4. The van der Waals surface area contributed by atoms with E-state index >= 15 is 0 Å². The maximum absolute atomic E-state index is 12.4. The van der Waals surface area contributed by atoms with Crippen molar-refractivity contribution in [2.24, 2.45) is 0 Å². The van der Waals surface area contributed by atoms with Crippen molar-refractivity contribution >= 4 is 11.8 Å². The molecule has 1 N–H and O–H groups in total. The number of aryl methyl sites for hydroxylation is 1. The van der Waals surface area contributed by atoms with Crippen molar-refractivity contribution < 1.29 is 27.5 Å². The minimum absolute atomic E-state index is 0.0717. The van der Waals surface area contributed by atoms with Gasteiger partial charge in [0.25, 0.3) is 0 Å². The molecular weight excluding hydrogens is 337 g/mol. The van der Waals surface area contributed by atoms with Crippen LogP contribution in [-0.2, 0) is 16.0 Å². The van der Waals surface area contributed by atoms with Crippen LogP contribution in [0.5, 0.6) is 5.75 Å². The Kier molecular flexibility index (Phi) is 6.27. The molecule has 0 aromatic heterocycles. The topological polar surface area (TPSA) is 58.6 Å². The summed E-state index contributed by atoms with van der Waals surface area (Å²) in [4.78, 5) is 25.0.